The highest BCUT2D eigenvalue weighted by Crippen LogP contribution is 2.19. The summed E-state index contributed by atoms with van der Waals surface area (Å²) in [5, 5.41) is 6.06. The number of rotatable bonds is 4. The van der Waals surface area contributed by atoms with Crippen molar-refractivity contribution >= 4 is 29.4 Å². The van der Waals surface area contributed by atoms with E-state index in [1.165, 1.54) is 0 Å². The van der Waals surface area contributed by atoms with Gasteiger partial charge in [0, 0.05) is 16.9 Å². The van der Waals surface area contributed by atoms with Crippen LogP contribution in [-0.4, -0.2) is 13.1 Å². The van der Waals surface area contributed by atoms with E-state index in [-0.39, 0.29) is 6.03 Å². The van der Waals surface area contributed by atoms with Crippen LogP contribution >= 0.6 is 11.6 Å². The summed E-state index contributed by atoms with van der Waals surface area (Å²) in [5.74, 6) is 0.767. The van der Waals surface area contributed by atoms with Crippen molar-refractivity contribution < 1.29 is 9.53 Å². The predicted octanol–water partition coefficient (Wildman–Crippen LogP) is 4.45. The van der Waals surface area contributed by atoms with Crippen molar-refractivity contribution in [2.75, 3.05) is 12.4 Å². The second-order valence-electron chi connectivity index (χ2n) is 4.67. The molecule has 0 heterocycles. The van der Waals surface area contributed by atoms with Crippen LogP contribution in [0.25, 0.3) is 6.08 Å². The minimum Gasteiger partial charge on any atom is -0.497 e. The topological polar surface area (TPSA) is 50.4 Å². The molecule has 22 heavy (non-hydrogen) atoms. The lowest BCUT2D eigenvalue weighted by Gasteiger charge is -2.08. The van der Waals surface area contributed by atoms with Gasteiger partial charge in [-0.1, -0.05) is 23.7 Å². The fraction of sp³-hybridized carbons (Fsp3) is 0.118. The largest absolute Gasteiger partial charge is 0.497 e. The molecule has 114 valence electrons. The van der Waals surface area contributed by atoms with Gasteiger partial charge >= 0.3 is 6.03 Å². The highest BCUT2D eigenvalue weighted by atomic mass is 35.5. The van der Waals surface area contributed by atoms with Crippen LogP contribution in [0.1, 0.15) is 11.1 Å². The number of halogens is 1. The second-order valence-corrected chi connectivity index (χ2v) is 5.10. The van der Waals surface area contributed by atoms with Gasteiger partial charge in [0.15, 0.2) is 0 Å². The zero-order valence-corrected chi connectivity index (χ0v) is 13.1. The minimum atomic E-state index is -0.315. The summed E-state index contributed by atoms with van der Waals surface area (Å²) in [6.07, 6.45) is 3.37. The fourth-order valence-electron chi connectivity index (χ4n) is 1.88. The number of aryl methyl sites for hydroxylation is 1. The normalized spacial score (nSPS) is 10.5. The molecule has 0 bridgehead atoms. The van der Waals surface area contributed by atoms with Crippen molar-refractivity contribution in [1.82, 2.24) is 5.32 Å². The average Bonchev–Trinajstić information content (AvgIpc) is 2.50. The van der Waals surface area contributed by atoms with Crippen molar-refractivity contribution in [2.45, 2.75) is 6.92 Å². The standard InChI is InChI=1S/C17H17ClN2O2/c1-12-10-14(18)6-7-16(12)20-17(21)19-9-8-13-4-3-5-15(11-13)22-2/h3-11H,1-2H3,(H2,19,20,21)/b9-8+. The average molecular weight is 317 g/mol. The molecule has 5 heteroatoms. The van der Waals surface area contributed by atoms with E-state index in [1.807, 2.05) is 31.2 Å². The Morgan fingerprint density at radius 1 is 1.23 bits per heavy atom. The first-order chi connectivity index (χ1) is 10.6. The molecule has 2 aromatic rings. The molecule has 0 fully saturated rings. The third-order valence-electron chi connectivity index (χ3n) is 3.02. The van der Waals surface area contributed by atoms with Gasteiger partial charge in [-0.15, -0.1) is 0 Å². The molecular formula is C17H17ClN2O2. The van der Waals surface area contributed by atoms with Crippen LogP contribution in [0.4, 0.5) is 10.5 Å². The van der Waals surface area contributed by atoms with Gasteiger partial charge in [0.25, 0.3) is 0 Å². The van der Waals surface area contributed by atoms with Crippen molar-refractivity contribution in [1.29, 1.82) is 0 Å². The number of anilines is 1. The molecule has 2 rings (SSSR count). The van der Waals surface area contributed by atoms with E-state index in [2.05, 4.69) is 10.6 Å². The van der Waals surface area contributed by atoms with E-state index in [9.17, 15) is 4.79 Å². The molecule has 0 aromatic heterocycles. The third kappa shape index (κ3) is 4.53. The molecule has 2 aromatic carbocycles. The third-order valence-corrected chi connectivity index (χ3v) is 3.26. The summed E-state index contributed by atoms with van der Waals surface area (Å²) in [6.45, 7) is 1.88. The molecule has 0 spiro atoms. The Kier molecular flexibility index (Phi) is 5.44. The minimum absolute atomic E-state index is 0.315. The van der Waals surface area contributed by atoms with E-state index in [4.69, 9.17) is 16.3 Å². The van der Waals surface area contributed by atoms with Gasteiger partial charge in [0.2, 0.25) is 0 Å². The number of hydrogen-bond acceptors (Lipinski definition) is 2. The van der Waals surface area contributed by atoms with Crippen molar-refractivity contribution in [3.63, 3.8) is 0 Å². The molecule has 0 unspecified atom stereocenters. The Balaban J connectivity index is 1.93. The van der Waals surface area contributed by atoms with Crippen LogP contribution < -0.4 is 15.4 Å². The van der Waals surface area contributed by atoms with Gasteiger partial charge in [-0.3, -0.25) is 0 Å². The number of benzene rings is 2. The highest BCUT2D eigenvalue weighted by Gasteiger charge is 2.03. The number of amides is 2. The van der Waals surface area contributed by atoms with E-state index in [0.29, 0.717) is 5.02 Å². The maximum atomic E-state index is 11.8. The first kappa shape index (κ1) is 15.9. The van der Waals surface area contributed by atoms with Gasteiger partial charge in [-0.25, -0.2) is 4.79 Å². The molecule has 0 aliphatic carbocycles. The zero-order valence-electron chi connectivity index (χ0n) is 12.4. The van der Waals surface area contributed by atoms with Crippen molar-refractivity contribution in [3.05, 3.63) is 64.8 Å². The van der Waals surface area contributed by atoms with Gasteiger partial charge < -0.3 is 15.4 Å². The molecule has 2 N–H and O–H groups in total. The van der Waals surface area contributed by atoms with Gasteiger partial charge in [0.1, 0.15) is 5.75 Å². The second kappa shape index (κ2) is 7.52. The monoisotopic (exact) mass is 316 g/mol. The Labute approximate surface area is 134 Å². The van der Waals surface area contributed by atoms with Gasteiger partial charge in [-0.05, 0) is 54.5 Å². The Morgan fingerprint density at radius 3 is 2.77 bits per heavy atom. The zero-order chi connectivity index (χ0) is 15.9. The van der Waals surface area contributed by atoms with Crippen LogP contribution in [0.5, 0.6) is 5.75 Å². The van der Waals surface area contributed by atoms with Crippen molar-refractivity contribution in [3.8, 4) is 5.75 Å². The summed E-state index contributed by atoms with van der Waals surface area (Å²) >= 11 is 5.88. The molecule has 0 saturated carbocycles. The van der Waals surface area contributed by atoms with Crippen LogP contribution in [0.15, 0.2) is 48.7 Å². The van der Waals surface area contributed by atoms with E-state index in [1.54, 1.807) is 37.6 Å². The molecule has 0 atom stereocenters. The maximum Gasteiger partial charge on any atom is 0.323 e. The molecule has 0 aliphatic heterocycles. The van der Waals surface area contributed by atoms with Gasteiger partial charge in [0.05, 0.1) is 7.11 Å². The molecule has 0 saturated heterocycles. The van der Waals surface area contributed by atoms with Crippen LogP contribution in [0.3, 0.4) is 0 Å². The lowest BCUT2D eigenvalue weighted by atomic mass is 10.2. The summed E-state index contributed by atoms with van der Waals surface area (Å²) in [7, 11) is 1.61. The number of urea groups is 1. The number of methoxy groups -OCH3 is 1. The Morgan fingerprint density at radius 2 is 2.05 bits per heavy atom. The number of carbonyl (C=O) groups excluding carboxylic acids is 1. The van der Waals surface area contributed by atoms with Crippen LogP contribution in [-0.2, 0) is 0 Å². The molecule has 4 nitrogen and oxygen atoms in total. The first-order valence-electron chi connectivity index (χ1n) is 6.73. The molecule has 2 amide bonds. The van der Waals surface area contributed by atoms with E-state index < -0.39 is 0 Å². The number of nitrogens with one attached hydrogen (secondary N) is 2. The van der Waals surface area contributed by atoms with Crippen LogP contribution in [0.2, 0.25) is 5.02 Å². The number of carbonyl (C=O) groups is 1. The first-order valence-corrected chi connectivity index (χ1v) is 7.10. The maximum absolute atomic E-state index is 11.8. The lowest BCUT2D eigenvalue weighted by Crippen LogP contribution is -2.24. The van der Waals surface area contributed by atoms with Crippen molar-refractivity contribution in [2.24, 2.45) is 0 Å². The molecule has 0 radical (unpaired) electrons. The smallest absolute Gasteiger partial charge is 0.323 e. The summed E-state index contributed by atoms with van der Waals surface area (Å²) < 4.78 is 5.14. The predicted molar refractivity (Wildman–Crippen MR) is 90.4 cm³/mol. The Hall–Kier alpha value is -2.46. The quantitative estimate of drug-likeness (QED) is 0.875. The number of ether oxygens (including phenoxy) is 1. The lowest BCUT2D eigenvalue weighted by molar-refractivity contribution is 0.255. The summed E-state index contributed by atoms with van der Waals surface area (Å²) in [6, 6.07) is 12.5. The Bertz CT molecular complexity index is 699. The molecular weight excluding hydrogens is 300 g/mol. The van der Waals surface area contributed by atoms with Crippen LogP contribution in [0, 0.1) is 6.92 Å². The molecule has 0 aliphatic rings. The van der Waals surface area contributed by atoms with E-state index in [0.717, 1.165) is 22.6 Å². The highest BCUT2D eigenvalue weighted by molar-refractivity contribution is 6.30. The van der Waals surface area contributed by atoms with E-state index >= 15 is 0 Å². The SMILES string of the molecule is COc1cccc(/C=C/NC(=O)Nc2ccc(Cl)cc2C)c1. The fourth-order valence-corrected chi connectivity index (χ4v) is 2.11. The van der Waals surface area contributed by atoms with Gasteiger partial charge in [-0.2, -0.15) is 0 Å². The summed E-state index contributed by atoms with van der Waals surface area (Å²) in [5.41, 5.74) is 2.55. The summed E-state index contributed by atoms with van der Waals surface area (Å²) in [4.78, 5) is 11.8. The number of hydrogen-bond donors (Lipinski definition) is 2.